The molecule has 0 aliphatic carbocycles. The molecule has 15 heteroatoms. The second-order valence-electron chi connectivity index (χ2n) is 11.4. The number of hydrogen-bond donors (Lipinski definition) is 0. The summed E-state index contributed by atoms with van der Waals surface area (Å²) in [5.41, 5.74) is -3.34. The first-order valence-corrected chi connectivity index (χ1v) is 15.9. The van der Waals surface area contributed by atoms with Crippen LogP contribution < -0.4 is 9.80 Å². The van der Waals surface area contributed by atoms with Gasteiger partial charge in [-0.1, -0.05) is 23.7 Å². The van der Waals surface area contributed by atoms with Gasteiger partial charge in [-0.15, -0.1) is 0 Å². The Bertz CT molecular complexity index is 1690. The largest absolute Gasteiger partial charge is 0.416 e. The molecule has 1 amide bonds. The molecule has 0 atom stereocenters. The minimum absolute atomic E-state index is 0.0200. The lowest BCUT2D eigenvalue weighted by Gasteiger charge is -2.35. The molecule has 1 aliphatic rings. The van der Waals surface area contributed by atoms with Gasteiger partial charge in [-0.25, -0.2) is 13.4 Å². The lowest BCUT2D eigenvalue weighted by atomic mass is 9.81. The number of likely N-dealkylation sites (N-methyl/N-ethyl adjacent to an activating group) is 1. The molecule has 244 valence electrons. The molecule has 1 saturated heterocycles. The molecule has 4 rings (SSSR count). The van der Waals surface area contributed by atoms with Crippen LogP contribution in [0.4, 0.5) is 37.8 Å². The first kappa shape index (κ1) is 34.5. The van der Waals surface area contributed by atoms with E-state index in [4.69, 9.17) is 11.6 Å². The molecule has 0 radical (unpaired) electrons. The van der Waals surface area contributed by atoms with Gasteiger partial charge in [-0.3, -0.25) is 4.79 Å². The molecule has 7 nitrogen and oxygen atoms in total. The predicted octanol–water partition coefficient (Wildman–Crippen LogP) is 6.77. The normalized spacial score (nSPS) is 15.3. The van der Waals surface area contributed by atoms with Gasteiger partial charge in [0.2, 0.25) is 15.9 Å². The van der Waals surface area contributed by atoms with E-state index in [9.17, 15) is 39.6 Å². The molecule has 2 aromatic carbocycles. The van der Waals surface area contributed by atoms with Crippen molar-refractivity contribution >= 4 is 39.0 Å². The molecular weight excluding hydrogens is 646 g/mol. The van der Waals surface area contributed by atoms with Crippen molar-refractivity contribution in [3.8, 4) is 11.1 Å². The van der Waals surface area contributed by atoms with Crippen LogP contribution in [0.15, 0.2) is 48.7 Å². The molecule has 3 aromatic rings. The number of anilines is 2. The van der Waals surface area contributed by atoms with E-state index in [0.29, 0.717) is 52.8 Å². The van der Waals surface area contributed by atoms with Crippen LogP contribution in [-0.4, -0.2) is 63.1 Å². The Kier molecular flexibility index (Phi) is 9.28. The molecule has 0 saturated carbocycles. The van der Waals surface area contributed by atoms with E-state index in [2.05, 4.69) is 4.98 Å². The van der Waals surface area contributed by atoms with Gasteiger partial charge < -0.3 is 9.80 Å². The third-order valence-electron chi connectivity index (χ3n) is 7.97. The number of aromatic nitrogens is 1. The van der Waals surface area contributed by atoms with E-state index in [1.54, 1.807) is 31.2 Å². The van der Waals surface area contributed by atoms with Gasteiger partial charge >= 0.3 is 12.4 Å². The van der Waals surface area contributed by atoms with E-state index in [-0.39, 0.29) is 24.8 Å². The van der Waals surface area contributed by atoms with Crippen LogP contribution in [0.3, 0.4) is 0 Å². The Morgan fingerprint density at radius 2 is 1.42 bits per heavy atom. The maximum Gasteiger partial charge on any atom is 0.416 e. The second-order valence-corrected chi connectivity index (χ2v) is 13.8. The van der Waals surface area contributed by atoms with Crippen LogP contribution in [0.25, 0.3) is 11.1 Å². The maximum absolute atomic E-state index is 14.0. The summed E-state index contributed by atoms with van der Waals surface area (Å²) in [6.07, 6.45) is -7.63. The number of benzene rings is 2. The monoisotopic (exact) mass is 676 g/mol. The fraction of sp³-hybridized carbons (Fsp3) is 0.400. The number of carbonyl (C=O) groups excluding carboxylic acids is 1. The van der Waals surface area contributed by atoms with Gasteiger partial charge in [0.1, 0.15) is 5.82 Å². The quantitative estimate of drug-likeness (QED) is 0.270. The number of hydrogen-bond acceptors (Lipinski definition) is 5. The Morgan fingerprint density at radius 1 is 0.889 bits per heavy atom. The molecule has 45 heavy (non-hydrogen) atoms. The zero-order valence-electron chi connectivity index (χ0n) is 25.0. The molecule has 0 unspecified atom stereocenters. The second kappa shape index (κ2) is 12.1. The van der Waals surface area contributed by atoms with E-state index in [1.165, 1.54) is 31.4 Å². The van der Waals surface area contributed by atoms with Gasteiger partial charge in [0.25, 0.3) is 0 Å². The highest BCUT2D eigenvalue weighted by Crippen LogP contribution is 2.42. The molecule has 1 fully saturated rings. The van der Waals surface area contributed by atoms with E-state index < -0.39 is 50.4 Å². The van der Waals surface area contributed by atoms with Crippen LogP contribution in [0.5, 0.6) is 0 Å². The Morgan fingerprint density at radius 3 is 1.93 bits per heavy atom. The smallest absolute Gasteiger partial charge is 0.354 e. The summed E-state index contributed by atoms with van der Waals surface area (Å²) in [6, 6.07) is 7.97. The highest BCUT2D eigenvalue weighted by Gasteiger charge is 2.41. The van der Waals surface area contributed by atoms with E-state index >= 15 is 0 Å². The zero-order chi connectivity index (χ0) is 33.7. The van der Waals surface area contributed by atoms with Crippen molar-refractivity contribution in [3.05, 3.63) is 75.9 Å². The summed E-state index contributed by atoms with van der Waals surface area (Å²) in [5.74, 6) is -0.304. The number of nitrogens with zero attached hydrogens (tertiary/aromatic N) is 4. The predicted molar refractivity (Wildman–Crippen MR) is 161 cm³/mol. The molecule has 2 heterocycles. The standard InChI is InChI=1S/C30H31ClF6N4O3S/c1-18-22(7-6-8-24(18)31)23-16-26(40-9-11-41(12-10-40)45(5,43)44)38-17-25(23)39(4)27(42)28(2,3)19-13-20(29(32,33)34)15-21(14-19)30(35,36)37/h6-8,13-17H,9-12H2,1-5H3. The number of sulfonamides is 1. The van der Waals surface area contributed by atoms with Gasteiger partial charge in [0.05, 0.1) is 34.7 Å². The van der Waals surface area contributed by atoms with Crippen LogP contribution in [0, 0.1) is 6.92 Å². The fourth-order valence-electron chi connectivity index (χ4n) is 5.21. The van der Waals surface area contributed by atoms with Crippen molar-refractivity contribution in [2.24, 2.45) is 0 Å². The zero-order valence-corrected chi connectivity index (χ0v) is 26.6. The summed E-state index contributed by atoms with van der Waals surface area (Å²) < 4.78 is 107. The number of piperazine rings is 1. The van der Waals surface area contributed by atoms with Crippen molar-refractivity contribution in [3.63, 3.8) is 0 Å². The highest BCUT2D eigenvalue weighted by molar-refractivity contribution is 7.88. The van der Waals surface area contributed by atoms with Crippen molar-refractivity contribution in [2.75, 3.05) is 49.3 Å². The number of halogens is 7. The Labute approximate surface area is 262 Å². The first-order valence-electron chi connectivity index (χ1n) is 13.7. The van der Waals surface area contributed by atoms with Crippen LogP contribution >= 0.6 is 11.6 Å². The Balaban J connectivity index is 1.79. The SMILES string of the molecule is Cc1c(Cl)cccc1-c1cc(N2CCN(S(C)(=O)=O)CC2)ncc1N(C)C(=O)C(C)(C)c1cc(C(F)(F)F)cc(C(F)(F)F)c1. The number of rotatable bonds is 6. The lowest BCUT2D eigenvalue weighted by molar-refractivity contribution is -0.143. The average molecular weight is 677 g/mol. The minimum atomic E-state index is -5.08. The lowest BCUT2D eigenvalue weighted by Crippen LogP contribution is -2.48. The van der Waals surface area contributed by atoms with E-state index in [0.717, 1.165) is 11.2 Å². The number of alkyl halides is 6. The molecule has 0 N–H and O–H groups in total. The highest BCUT2D eigenvalue weighted by atomic mass is 35.5. The van der Waals surface area contributed by atoms with Crippen molar-refractivity contribution in [1.29, 1.82) is 0 Å². The van der Waals surface area contributed by atoms with Crippen LogP contribution in [0.2, 0.25) is 5.02 Å². The molecular formula is C30H31ClF6N4O3S. The van der Waals surface area contributed by atoms with Crippen molar-refractivity contribution in [1.82, 2.24) is 9.29 Å². The third-order valence-corrected chi connectivity index (χ3v) is 9.68. The van der Waals surface area contributed by atoms with Gasteiger partial charge in [0, 0.05) is 43.8 Å². The fourth-order valence-corrected chi connectivity index (χ4v) is 6.21. The average Bonchev–Trinajstić information content (AvgIpc) is 2.96. The van der Waals surface area contributed by atoms with Gasteiger partial charge in [0.15, 0.2) is 0 Å². The number of carbonyl (C=O) groups is 1. The third kappa shape index (κ3) is 7.23. The van der Waals surface area contributed by atoms with Crippen LogP contribution in [0.1, 0.15) is 36.1 Å². The Hall–Kier alpha value is -3.36. The summed E-state index contributed by atoms with van der Waals surface area (Å²) in [5, 5.41) is 0.427. The van der Waals surface area contributed by atoms with Gasteiger partial charge in [-0.05, 0) is 67.8 Å². The molecule has 0 spiro atoms. The topological polar surface area (TPSA) is 73.8 Å². The molecule has 1 aromatic heterocycles. The maximum atomic E-state index is 14.0. The number of amides is 1. The first-order chi connectivity index (χ1) is 20.6. The summed E-state index contributed by atoms with van der Waals surface area (Å²) >= 11 is 6.41. The summed E-state index contributed by atoms with van der Waals surface area (Å²) in [4.78, 5) is 21.5. The van der Waals surface area contributed by atoms with Gasteiger partial charge in [-0.2, -0.15) is 30.6 Å². The number of pyridine rings is 1. The van der Waals surface area contributed by atoms with E-state index in [1.807, 2.05) is 4.90 Å². The minimum Gasteiger partial charge on any atom is -0.354 e. The van der Waals surface area contributed by atoms with Crippen LogP contribution in [-0.2, 0) is 32.6 Å². The molecule has 1 aliphatic heterocycles. The van der Waals surface area contributed by atoms with Crippen molar-refractivity contribution in [2.45, 2.75) is 38.5 Å². The summed E-state index contributed by atoms with van der Waals surface area (Å²) in [7, 11) is -2.01. The molecule has 0 bridgehead atoms. The van der Waals surface area contributed by atoms with Crippen molar-refractivity contribution < 1.29 is 39.6 Å². The summed E-state index contributed by atoms with van der Waals surface area (Å²) in [6.45, 7) is 5.43.